The van der Waals surface area contributed by atoms with E-state index in [4.69, 9.17) is 0 Å². The monoisotopic (exact) mass is 281 g/mol. The van der Waals surface area contributed by atoms with Gasteiger partial charge in [0.05, 0.1) is 4.92 Å². The highest BCUT2D eigenvalue weighted by molar-refractivity contribution is 5.61. The lowest BCUT2D eigenvalue weighted by molar-refractivity contribution is -0.384. The van der Waals surface area contributed by atoms with Gasteiger partial charge in [-0.05, 0) is 46.2 Å². The summed E-state index contributed by atoms with van der Waals surface area (Å²) in [6.45, 7) is 7.06. The molecule has 112 valence electrons. The molecule has 2 rings (SSSR count). The smallest absolute Gasteiger partial charge is 0.333 e. The summed E-state index contributed by atoms with van der Waals surface area (Å²) in [5.74, 6) is 1.34. The van der Waals surface area contributed by atoms with Crippen molar-refractivity contribution in [3.8, 4) is 0 Å². The van der Waals surface area contributed by atoms with E-state index >= 15 is 0 Å². The Morgan fingerprint density at radius 3 is 2.60 bits per heavy atom. The first-order valence-electron chi connectivity index (χ1n) is 7.19. The number of nitro groups is 1. The van der Waals surface area contributed by atoms with Gasteiger partial charge in [0, 0.05) is 19.6 Å². The van der Waals surface area contributed by atoms with Gasteiger partial charge in [0.25, 0.3) is 0 Å². The van der Waals surface area contributed by atoms with Crippen LogP contribution in [-0.4, -0.2) is 41.4 Å². The molecule has 1 aliphatic heterocycles. The Kier molecular flexibility index (Phi) is 4.59. The number of piperidine rings is 1. The molecule has 0 amide bonds. The highest BCUT2D eigenvalue weighted by atomic mass is 16.6. The summed E-state index contributed by atoms with van der Waals surface area (Å²) in [6, 6.07) is 0. The minimum absolute atomic E-state index is 0.166. The molecule has 0 saturated carbocycles. The third kappa shape index (κ3) is 2.77. The first-order valence-corrected chi connectivity index (χ1v) is 7.19. The van der Waals surface area contributed by atoms with Crippen LogP contribution in [0.3, 0.4) is 0 Å². The van der Waals surface area contributed by atoms with Crippen molar-refractivity contribution in [1.29, 1.82) is 0 Å². The number of nitrogens with zero attached hydrogens (tertiary/aromatic N) is 4. The maximum atomic E-state index is 11.3. The molecule has 7 heteroatoms. The van der Waals surface area contributed by atoms with Gasteiger partial charge in [0.1, 0.15) is 5.69 Å². The Hall–Kier alpha value is -1.63. The van der Waals surface area contributed by atoms with E-state index in [0.29, 0.717) is 24.0 Å². The lowest BCUT2D eigenvalue weighted by Crippen LogP contribution is -2.38. The van der Waals surface area contributed by atoms with Crippen LogP contribution in [0.15, 0.2) is 0 Å². The third-order valence-corrected chi connectivity index (χ3v) is 3.96. The molecule has 0 atom stereocenters. The van der Waals surface area contributed by atoms with Crippen molar-refractivity contribution in [3.05, 3.63) is 15.8 Å². The van der Waals surface area contributed by atoms with Crippen molar-refractivity contribution in [3.63, 3.8) is 0 Å². The van der Waals surface area contributed by atoms with Crippen LogP contribution >= 0.6 is 0 Å². The predicted octanol–water partition coefficient (Wildman–Crippen LogP) is 1.56. The van der Waals surface area contributed by atoms with Crippen LogP contribution < -0.4 is 10.2 Å². The van der Waals surface area contributed by atoms with Crippen LogP contribution in [-0.2, 0) is 6.54 Å². The molecule has 20 heavy (non-hydrogen) atoms. The molecular weight excluding hydrogens is 258 g/mol. The number of anilines is 1. The van der Waals surface area contributed by atoms with E-state index in [9.17, 15) is 10.1 Å². The zero-order valence-electron chi connectivity index (χ0n) is 12.4. The molecule has 0 spiro atoms. The second-order valence-electron chi connectivity index (χ2n) is 5.32. The van der Waals surface area contributed by atoms with Crippen LogP contribution in [0, 0.1) is 23.0 Å². The third-order valence-electron chi connectivity index (χ3n) is 3.96. The number of aromatic nitrogens is 2. The number of aryl methyl sites for hydroxylation is 2. The lowest BCUT2D eigenvalue weighted by atomic mass is 9.97. The summed E-state index contributed by atoms with van der Waals surface area (Å²) in [5.41, 5.74) is 0.670. The first-order chi connectivity index (χ1) is 9.58. The largest absolute Gasteiger partial charge is 0.351 e. The Morgan fingerprint density at radius 2 is 2.10 bits per heavy atom. The molecule has 0 aliphatic carbocycles. The van der Waals surface area contributed by atoms with Gasteiger partial charge in [-0.1, -0.05) is 0 Å². The molecule has 1 aliphatic rings. The minimum atomic E-state index is -0.302. The topological polar surface area (TPSA) is 76.2 Å². The van der Waals surface area contributed by atoms with E-state index in [2.05, 4.69) is 15.3 Å². The van der Waals surface area contributed by atoms with Crippen molar-refractivity contribution in [1.82, 2.24) is 15.1 Å². The standard InChI is InChI=1S/C13H23N5O2/c1-4-17-13(12(18(19)20)10(2)15-17)16-7-5-11(6-8-16)9-14-3/h11,14H,4-9H2,1-3H3. The van der Waals surface area contributed by atoms with Gasteiger partial charge in [-0.2, -0.15) is 5.10 Å². The molecule has 7 nitrogen and oxygen atoms in total. The van der Waals surface area contributed by atoms with Gasteiger partial charge in [0.15, 0.2) is 0 Å². The lowest BCUT2D eigenvalue weighted by Gasteiger charge is -2.32. The van der Waals surface area contributed by atoms with E-state index in [0.717, 1.165) is 32.5 Å². The molecule has 0 aromatic carbocycles. The van der Waals surface area contributed by atoms with Gasteiger partial charge in [0.2, 0.25) is 5.82 Å². The molecule has 1 aromatic rings. The van der Waals surface area contributed by atoms with Crippen molar-refractivity contribution in [2.75, 3.05) is 31.6 Å². The van der Waals surface area contributed by atoms with Crippen molar-refractivity contribution >= 4 is 11.5 Å². The summed E-state index contributed by atoms with van der Waals surface area (Å²) in [4.78, 5) is 13.1. The Morgan fingerprint density at radius 1 is 1.45 bits per heavy atom. The molecule has 1 aromatic heterocycles. The second-order valence-corrected chi connectivity index (χ2v) is 5.32. The van der Waals surface area contributed by atoms with Crippen molar-refractivity contribution in [2.45, 2.75) is 33.2 Å². The summed E-state index contributed by atoms with van der Waals surface area (Å²) < 4.78 is 1.76. The number of hydrogen-bond acceptors (Lipinski definition) is 5. The van der Waals surface area contributed by atoms with Crippen LogP contribution in [0.5, 0.6) is 0 Å². The second kappa shape index (κ2) is 6.21. The quantitative estimate of drug-likeness (QED) is 0.654. The fraction of sp³-hybridized carbons (Fsp3) is 0.769. The van der Waals surface area contributed by atoms with Crippen LogP contribution in [0.1, 0.15) is 25.5 Å². The molecule has 0 bridgehead atoms. The zero-order chi connectivity index (χ0) is 14.7. The van der Waals surface area contributed by atoms with Gasteiger partial charge >= 0.3 is 5.69 Å². The maximum absolute atomic E-state index is 11.3. The van der Waals surface area contributed by atoms with Crippen molar-refractivity contribution < 1.29 is 4.92 Å². The Bertz CT molecular complexity index is 477. The normalized spacial score (nSPS) is 16.6. The molecule has 1 saturated heterocycles. The first kappa shape index (κ1) is 14.8. The number of nitrogens with one attached hydrogen (secondary N) is 1. The van der Waals surface area contributed by atoms with E-state index in [-0.39, 0.29) is 10.6 Å². The average molecular weight is 281 g/mol. The predicted molar refractivity (Wildman–Crippen MR) is 78.2 cm³/mol. The summed E-state index contributed by atoms with van der Waals surface area (Å²) >= 11 is 0. The molecule has 0 radical (unpaired) electrons. The molecular formula is C13H23N5O2. The van der Waals surface area contributed by atoms with Gasteiger partial charge in [-0.25, -0.2) is 4.68 Å². The highest BCUT2D eigenvalue weighted by Crippen LogP contribution is 2.34. The molecule has 0 unspecified atom stereocenters. The van der Waals surface area contributed by atoms with E-state index in [1.165, 1.54) is 0 Å². The summed E-state index contributed by atoms with van der Waals surface area (Å²) in [6.07, 6.45) is 2.12. The summed E-state index contributed by atoms with van der Waals surface area (Å²) in [7, 11) is 1.97. The van der Waals surface area contributed by atoms with Gasteiger partial charge < -0.3 is 10.2 Å². The minimum Gasteiger partial charge on any atom is -0.351 e. The van der Waals surface area contributed by atoms with E-state index in [1.54, 1.807) is 11.6 Å². The van der Waals surface area contributed by atoms with Gasteiger partial charge in [-0.3, -0.25) is 10.1 Å². The summed E-state index contributed by atoms with van der Waals surface area (Å²) in [5, 5.41) is 18.8. The SMILES string of the molecule is CCn1nc(C)c([N+](=O)[O-])c1N1CCC(CNC)CC1. The highest BCUT2D eigenvalue weighted by Gasteiger charge is 2.31. The fourth-order valence-electron chi connectivity index (χ4n) is 2.94. The van der Waals surface area contributed by atoms with Gasteiger partial charge in [-0.15, -0.1) is 0 Å². The number of rotatable bonds is 5. The average Bonchev–Trinajstić information content (AvgIpc) is 2.77. The van der Waals surface area contributed by atoms with Crippen LogP contribution in [0.2, 0.25) is 0 Å². The van der Waals surface area contributed by atoms with Crippen molar-refractivity contribution in [2.24, 2.45) is 5.92 Å². The number of hydrogen-bond donors (Lipinski definition) is 1. The van der Waals surface area contributed by atoms with E-state index < -0.39 is 0 Å². The zero-order valence-corrected chi connectivity index (χ0v) is 12.4. The van der Waals surface area contributed by atoms with E-state index in [1.807, 2.05) is 14.0 Å². The van der Waals surface area contributed by atoms with Crippen LogP contribution in [0.25, 0.3) is 0 Å². The maximum Gasteiger partial charge on any atom is 0.333 e. The molecule has 1 N–H and O–H groups in total. The Balaban J connectivity index is 2.22. The fourth-order valence-corrected chi connectivity index (χ4v) is 2.94. The molecule has 2 heterocycles. The Labute approximate surface area is 119 Å². The van der Waals surface area contributed by atoms with Crippen LogP contribution in [0.4, 0.5) is 11.5 Å². The molecule has 1 fully saturated rings.